The van der Waals surface area contributed by atoms with Crippen molar-refractivity contribution in [2.75, 3.05) is 49.1 Å². The fourth-order valence-corrected chi connectivity index (χ4v) is 5.49. The van der Waals surface area contributed by atoms with Crippen molar-refractivity contribution in [3.05, 3.63) is 58.9 Å². The van der Waals surface area contributed by atoms with Crippen LogP contribution in [0.25, 0.3) is 10.6 Å². The van der Waals surface area contributed by atoms with E-state index in [4.69, 9.17) is 11.6 Å². The zero-order valence-corrected chi connectivity index (χ0v) is 19.4. The number of aromatic nitrogens is 2. The summed E-state index contributed by atoms with van der Waals surface area (Å²) in [4.78, 5) is 20.8. The van der Waals surface area contributed by atoms with Crippen molar-refractivity contribution in [1.82, 2.24) is 15.1 Å². The van der Waals surface area contributed by atoms with Gasteiger partial charge in [0.05, 0.1) is 15.6 Å². The van der Waals surface area contributed by atoms with Crippen LogP contribution in [0.4, 0.5) is 11.5 Å². The number of carbonyl (C=O) groups is 1. The first-order chi connectivity index (χ1) is 15.7. The summed E-state index contributed by atoms with van der Waals surface area (Å²) >= 11 is 8.01. The smallest absolute Gasteiger partial charge is 0.225 e. The van der Waals surface area contributed by atoms with Crippen LogP contribution < -0.4 is 9.80 Å². The second-order valence-corrected chi connectivity index (χ2v) is 9.63. The summed E-state index contributed by atoms with van der Waals surface area (Å²) < 4.78 is 0. The van der Waals surface area contributed by atoms with Gasteiger partial charge in [-0.05, 0) is 48.6 Å². The Kier molecular flexibility index (Phi) is 6.28. The number of anilines is 2. The van der Waals surface area contributed by atoms with Gasteiger partial charge in [-0.15, -0.1) is 21.5 Å². The van der Waals surface area contributed by atoms with Gasteiger partial charge in [0.1, 0.15) is 5.69 Å². The minimum absolute atomic E-state index is 0.0939. The van der Waals surface area contributed by atoms with E-state index < -0.39 is 0 Å². The molecule has 0 radical (unpaired) electrons. The summed E-state index contributed by atoms with van der Waals surface area (Å²) in [6, 6.07) is 16.1. The number of carbonyl (C=O) groups excluding carboxylic acids is 1. The molecule has 2 saturated heterocycles. The van der Waals surface area contributed by atoms with Gasteiger partial charge >= 0.3 is 0 Å². The van der Waals surface area contributed by atoms with Gasteiger partial charge in [-0.2, -0.15) is 0 Å². The molecular weight excluding hydrogens is 442 g/mol. The van der Waals surface area contributed by atoms with E-state index in [1.54, 1.807) is 11.3 Å². The number of hydrogen-bond acceptors (Lipinski definition) is 6. The maximum Gasteiger partial charge on any atom is 0.225 e. The number of piperazine rings is 1. The molecule has 1 aromatic carbocycles. The van der Waals surface area contributed by atoms with Crippen LogP contribution in [-0.4, -0.2) is 60.3 Å². The van der Waals surface area contributed by atoms with Crippen molar-refractivity contribution >= 4 is 40.4 Å². The van der Waals surface area contributed by atoms with E-state index >= 15 is 0 Å². The van der Waals surface area contributed by atoms with E-state index in [9.17, 15) is 4.79 Å². The Balaban J connectivity index is 1.13. The Morgan fingerprint density at radius 2 is 1.66 bits per heavy atom. The molecule has 0 saturated carbocycles. The fourth-order valence-electron chi connectivity index (χ4n) is 4.54. The molecule has 2 aromatic heterocycles. The molecule has 2 aliphatic rings. The standard InChI is InChI=1S/C24H26ClN5OS/c25-19-4-1-2-5-21(19)28-13-15-30(16-14-28)24(31)18-9-11-29(12-10-18)23-8-7-20(26-27-23)22-6-3-17-32-22/h1-8,17-18H,9-16H2. The topological polar surface area (TPSA) is 52.6 Å². The number of thiophene rings is 1. The Labute approximate surface area is 197 Å². The number of piperidine rings is 1. The van der Waals surface area contributed by atoms with Gasteiger partial charge < -0.3 is 14.7 Å². The highest BCUT2D eigenvalue weighted by molar-refractivity contribution is 7.13. The van der Waals surface area contributed by atoms with E-state index in [1.807, 2.05) is 52.7 Å². The molecule has 0 N–H and O–H groups in total. The van der Waals surface area contributed by atoms with E-state index in [0.717, 1.165) is 79.2 Å². The lowest BCUT2D eigenvalue weighted by Crippen LogP contribution is -2.51. The highest BCUT2D eigenvalue weighted by Crippen LogP contribution is 2.28. The Hall–Kier alpha value is -2.64. The molecule has 2 fully saturated rings. The number of benzene rings is 1. The number of rotatable bonds is 4. The van der Waals surface area contributed by atoms with E-state index in [0.29, 0.717) is 5.91 Å². The molecule has 4 heterocycles. The molecular formula is C24H26ClN5OS. The van der Waals surface area contributed by atoms with Crippen molar-refractivity contribution in [1.29, 1.82) is 0 Å². The lowest BCUT2D eigenvalue weighted by Gasteiger charge is -2.39. The summed E-state index contributed by atoms with van der Waals surface area (Å²) in [7, 11) is 0. The normalized spacial score (nSPS) is 17.6. The molecule has 0 unspecified atom stereocenters. The SMILES string of the molecule is O=C(C1CCN(c2ccc(-c3cccs3)nn2)CC1)N1CCN(c2ccccc2Cl)CC1. The average Bonchev–Trinajstić information content (AvgIpc) is 3.39. The van der Waals surface area contributed by atoms with Gasteiger partial charge in [0.25, 0.3) is 0 Å². The quantitative estimate of drug-likeness (QED) is 0.568. The van der Waals surface area contributed by atoms with Crippen molar-refractivity contribution in [2.45, 2.75) is 12.8 Å². The Bertz CT molecular complexity index is 1040. The molecule has 8 heteroatoms. The lowest BCUT2D eigenvalue weighted by molar-refractivity contribution is -0.136. The van der Waals surface area contributed by atoms with Crippen LogP contribution in [-0.2, 0) is 4.79 Å². The van der Waals surface area contributed by atoms with Gasteiger partial charge in [0, 0.05) is 45.2 Å². The molecule has 0 bridgehead atoms. The summed E-state index contributed by atoms with van der Waals surface area (Å²) in [5, 5.41) is 11.6. The third kappa shape index (κ3) is 4.45. The molecule has 2 aliphatic heterocycles. The van der Waals surface area contributed by atoms with Gasteiger partial charge in [-0.1, -0.05) is 29.8 Å². The number of nitrogens with zero attached hydrogens (tertiary/aromatic N) is 5. The fraction of sp³-hybridized carbons (Fsp3) is 0.375. The molecule has 0 aliphatic carbocycles. The van der Waals surface area contributed by atoms with Crippen molar-refractivity contribution < 1.29 is 4.79 Å². The molecule has 1 amide bonds. The summed E-state index contributed by atoms with van der Waals surface area (Å²) in [6.45, 7) is 4.81. The molecule has 3 aromatic rings. The molecule has 0 spiro atoms. The maximum absolute atomic E-state index is 13.1. The number of amides is 1. The Morgan fingerprint density at radius 1 is 0.875 bits per heavy atom. The van der Waals surface area contributed by atoms with E-state index in [1.165, 1.54) is 0 Å². The minimum atomic E-state index is 0.0939. The zero-order chi connectivity index (χ0) is 21.9. The average molecular weight is 468 g/mol. The highest BCUT2D eigenvalue weighted by Gasteiger charge is 2.31. The zero-order valence-electron chi connectivity index (χ0n) is 17.9. The van der Waals surface area contributed by atoms with Gasteiger partial charge in [-0.3, -0.25) is 4.79 Å². The number of para-hydroxylation sites is 1. The van der Waals surface area contributed by atoms with Crippen molar-refractivity contribution in [3.63, 3.8) is 0 Å². The predicted molar refractivity (Wildman–Crippen MR) is 131 cm³/mol. The minimum Gasteiger partial charge on any atom is -0.367 e. The van der Waals surface area contributed by atoms with E-state index in [-0.39, 0.29) is 5.92 Å². The second-order valence-electron chi connectivity index (χ2n) is 8.28. The van der Waals surface area contributed by atoms with E-state index in [2.05, 4.69) is 26.1 Å². The third-order valence-corrected chi connectivity index (χ3v) is 7.59. The second kappa shape index (κ2) is 9.46. The largest absolute Gasteiger partial charge is 0.367 e. The van der Waals surface area contributed by atoms with Gasteiger partial charge in [0.15, 0.2) is 5.82 Å². The highest BCUT2D eigenvalue weighted by atomic mass is 35.5. The summed E-state index contributed by atoms with van der Waals surface area (Å²) in [5.41, 5.74) is 1.96. The summed E-state index contributed by atoms with van der Waals surface area (Å²) in [6.07, 6.45) is 1.72. The van der Waals surface area contributed by atoms with Crippen LogP contribution in [0.2, 0.25) is 5.02 Å². The first-order valence-corrected chi connectivity index (χ1v) is 12.4. The number of hydrogen-bond donors (Lipinski definition) is 0. The van der Waals surface area contributed by atoms with Crippen molar-refractivity contribution in [3.8, 4) is 10.6 Å². The van der Waals surface area contributed by atoms with Gasteiger partial charge in [-0.25, -0.2) is 0 Å². The Morgan fingerprint density at radius 3 is 2.31 bits per heavy atom. The van der Waals surface area contributed by atoms with Crippen LogP contribution in [0.1, 0.15) is 12.8 Å². The molecule has 6 nitrogen and oxygen atoms in total. The van der Waals surface area contributed by atoms with Crippen LogP contribution in [0.3, 0.4) is 0 Å². The molecule has 0 atom stereocenters. The first-order valence-electron chi connectivity index (χ1n) is 11.1. The molecule has 5 rings (SSSR count). The first kappa shape index (κ1) is 21.2. The lowest BCUT2D eigenvalue weighted by atomic mass is 9.95. The van der Waals surface area contributed by atoms with Crippen LogP contribution in [0.15, 0.2) is 53.9 Å². The number of halogens is 1. The summed E-state index contributed by atoms with van der Waals surface area (Å²) in [5.74, 6) is 1.28. The molecule has 32 heavy (non-hydrogen) atoms. The molecule has 166 valence electrons. The van der Waals surface area contributed by atoms with Crippen LogP contribution in [0, 0.1) is 5.92 Å². The van der Waals surface area contributed by atoms with Gasteiger partial charge in [0.2, 0.25) is 5.91 Å². The third-order valence-electron chi connectivity index (χ3n) is 6.38. The predicted octanol–water partition coefficient (Wildman–Crippen LogP) is 4.42. The van der Waals surface area contributed by atoms with Crippen LogP contribution in [0.5, 0.6) is 0 Å². The van der Waals surface area contributed by atoms with Crippen LogP contribution >= 0.6 is 22.9 Å². The maximum atomic E-state index is 13.1. The van der Waals surface area contributed by atoms with Crippen molar-refractivity contribution in [2.24, 2.45) is 5.92 Å². The monoisotopic (exact) mass is 467 g/mol.